The van der Waals surface area contributed by atoms with Crippen molar-refractivity contribution >= 4 is 5.91 Å². The molecule has 2 heterocycles. The topological polar surface area (TPSA) is 65.5 Å². The number of nitrogens with one attached hydrogen (secondary N) is 1. The summed E-state index contributed by atoms with van der Waals surface area (Å²) in [5, 5.41) is 11.5. The molecule has 1 aromatic heterocycles. The Balaban J connectivity index is 1.85. The summed E-state index contributed by atoms with van der Waals surface area (Å²) in [6, 6.07) is 1.68. The number of pyridine rings is 1. The SMILES string of the molecule is O=C(NCCN1CCCC1)c1cncc(C#CCO)c1. The highest BCUT2D eigenvalue weighted by Gasteiger charge is 2.11. The molecule has 20 heavy (non-hydrogen) atoms. The lowest BCUT2D eigenvalue weighted by Gasteiger charge is -2.14. The maximum absolute atomic E-state index is 12.0. The van der Waals surface area contributed by atoms with Gasteiger partial charge in [-0.1, -0.05) is 11.8 Å². The van der Waals surface area contributed by atoms with Gasteiger partial charge < -0.3 is 15.3 Å². The second kappa shape index (κ2) is 7.63. The molecule has 106 valence electrons. The molecule has 0 spiro atoms. The van der Waals surface area contributed by atoms with Crippen LogP contribution in [0.4, 0.5) is 0 Å². The summed E-state index contributed by atoms with van der Waals surface area (Å²) in [7, 11) is 0. The number of aliphatic hydroxyl groups excluding tert-OH is 1. The zero-order valence-corrected chi connectivity index (χ0v) is 11.4. The van der Waals surface area contributed by atoms with E-state index in [1.165, 1.54) is 19.0 Å². The third kappa shape index (κ3) is 4.34. The maximum atomic E-state index is 12.0. The van der Waals surface area contributed by atoms with Crippen molar-refractivity contribution in [3.8, 4) is 11.8 Å². The van der Waals surface area contributed by atoms with E-state index in [0.717, 1.165) is 19.6 Å². The van der Waals surface area contributed by atoms with Crippen molar-refractivity contribution in [3.63, 3.8) is 0 Å². The van der Waals surface area contributed by atoms with Gasteiger partial charge in [-0.2, -0.15) is 0 Å². The molecule has 0 radical (unpaired) electrons. The van der Waals surface area contributed by atoms with Gasteiger partial charge in [-0.15, -0.1) is 0 Å². The number of hydrogen-bond acceptors (Lipinski definition) is 4. The Kier molecular flexibility index (Phi) is 5.54. The molecule has 0 aromatic carbocycles. The van der Waals surface area contributed by atoms with Crippen molar-refractivity contribution in [1.29, 1.82) is 0 Å². The quantitative estimate of drug-likeness (QED) is 0.772. The van der Waals surface area contributed by atoms with Crippen LogP contribution >= 0.6 is 0 Å². The molecular weight excluding hydrogens is 254 g/mol. The Bertz CT molecular complexity index is 513. The van der Waals surface area contributed by atoms with Gasteiger partial charge in [0.1, 0.15) is 6.61 Å². The first-order valence-electron chi connectivity index (χ1n) is 6.85. The molecule has 1 amide bonds. The summed E-state index contributed by atoms with van der Waals surface area (Å²) in [6.45, 7) is 3.59. The second-order valence-corrected chi connectivity index (χ2v) is 4.73. The first-order valence-corrected chi connectivity index (χ1v) is 6.85. The zero-order chi connectivity index (χ0) is 14.2. The number of likely N-dealkylation sites (tertiary alicyclic amines) is 1. The third-order valence-electron chi connectivity index (χ3n) is 3.22. The van der Waals surface area contributed by atoms with E-state index in [4.69, 9.17) is 5.11 Å². The second-order valence-electron chi connectivity index (χ2n) is 4.73. The van der Waals surface area contributed by atoms with Crippen molar-refractivity contribution in [3.05, 3.63) is 29.6 Å². The average molecular weight is 273 g/mol. The van der Waals surface area contributed by atoms with Crippen LogP contribution in [0.3, 0.4) is 0 Å². The van der Waals surface area contributed by atoms with Crippen LogP contribution in [0.15, 0.2) is 18.5 Å². The van der Waals surface area contributed by atoms with Gasteiger partial charge in [0.25, 0.3) is 5.91 Å². The van der Waals surface area contributed by atoms with Gasteiger partial charge in [-0.25, -0.2) is 0 Å². The summed E-state index contributed by atoms with van der Waals surface area (Å²) in [5.41, 5.74) is 1.13. The molecule has 0 atom stereocenters. The van der Waals surface area contributed by atoms with Crippen LogP contribution in [0.2, 0.25) is 0 Å². The average Bonchev–Trinajstić information content (AvgIpc) is 2.98. The van der Waals surface area contributed by atoms with E-state index >= 15 is 0 Å². The molecule has 5 nitrogen and oxygen atoms in total. The fourth-order valence-electron chi connectivity index (χ4n) is 2.21. The molecular formula is C15H19N3O2. The summed E-state index contributed by atoms with van der Waals surface area (Å²) >= 11 is 0. The highest BCUT2D eigenvalue weighted by molar-refractivity contribution is 5.94. The van der Waals surface area contributed by atoms with E-state index in [0.29, 0.717) is 17.7 Å². The molecule has 1 fully saturated rings. The van der Waals surface area contributed by atoms with E-state index in [1.807, 2.05) is 0 Å². The first kappa shape index (κ1) is 14.5. The molecule has 1 aliphatic rings. The van der Waals surface area contributed by atoms with Gasteiger partial charge in [0.15, 0.2) is 0 Å². The van der Waals surface area contributed by atoms with E-state index < -0.39 is 0 Å². The fraction of sp³-hybridized carbons (Fsp3) is 0.467. The molecule has 0 saturated carbocycles. The van der Waals surface area contributed by atoms with Crippen LogP contribution in [0.5, 0.6) is 0 Å². The molecule has 2 N–H and O–H groups in total. The van der Waals surface area contributed by atoms with Crippen molar-refractivity contribution in [2.24, 2.45) is 0 Å². The van der Waals surface area contributed by atoms with Crippen LogP contribution in [-0.2, 0) is 0 Å². The number of aliphatic hydroxyl groups is 1. The predicted octanol–water partition coefficient (Wildman–Crippen LogP) is 0.251. The van der Waals surface area contributed by atoms with E-state index in [1.54, 1.807) is 12.3 Å². The van der Waals surface area contributed by atoms with Crippen molar-refractivity contribution in [2.75, 3.05) is 32.8 Å². The predicted molar refractivity (Wildman–Crippen MR) is 76.2 cm³/mol. The Morgan fingerprint density at radius 1 is 1.40 bits per heavy atom. The first-order chi connectivity index (χ1) is 9.79. The highest BCUT2D eigenvalue weighted by atomic mass is 16.2. The molecule has 1 aromatic rings. The number of amides is 1. The standard InChI is InChI=1S/C15H19N3O2/c19-9-3-4-13-10-14(12-16-11-13)15(20)17-5-8-18-6-1-2-7-18/h10-12,19H,1-2,5-9H2,(H,17,20). The van der Waals surface area contributed by atoms with Crippen LogP contribution in [0.25, 0.3) is 0 Å². The van der Waals surface area contributed by atoms with Crippen LogP contribution in [-0.4, -0.2) is 53.7 Å². The lowest BCUT2D eigenvalue weighted by molar-refractivity contribution is 0.0949. The number of rotatable bonds is 4. The van der Waals surface area contributed by atoms with Crippen LogP contribution in [0, 0.1) is 11.8 Å². The van der Waals surface area contributed by atoms with E-state index in [9.17, 15) is 4.79 Å². The van der Waals surface area contributed by atoms with Crippen molar-refractivity contribution in [2.45, 2.75) is 12.8 Å². The minimum atomic E-state index is -0.202. The van der Waals surface area contributed by atoms with Gasteiger partial charge in [0.05, 0.1) is 5.56 Å². The number of hydrogen-bond donors (Lipinski definition) is 2. The molecule has 0 unspecified atom stereocenters. The van der Waals surface area contributed by atoms with Gasteiger partial charge in [0.2, 0.25) is 0 Å². The van der Waals surface area contributed by atoms with Crippen molar-refractivity contribution < 1.29 is 9.90 Å². The molecule has 1 saturated heterocycles. The highest BCUT2D eigenvalue weighted by Crippen LogP contribution is 2.06. The van der Waals surface area contributed by atoms with E-state index in [-0.39, 0.29) is 12.5 Å². The molecule has 0 aliphatic carbocycles. The van der Waals surface area contributed by atoms with Gasteiger partial charge in [-0.05, 0) is 32.0 Å². The molecule has 5 heteroatoms. The minimum absolute atomic E-state index is 0.135. The summed E-state index contributed by atoms with van der Waals surface area (Å²) in [6.07, 6.45) is 5.60. The fourth-order valence-corrected chi connectivity index (χ4v) is 2.21. The molecule has 0 bridgehead atoms. The lowest BCUT2D eigenvalue weighted by Crippen LogP contribution is -2.33. The lowest BCUT2D eigenvalue weighted by atomic mass is 10.2. The third-order valence-corrected chi connectivity index (χ3v) is 3.22. The van der Waals surface area contributed by atoms with Crippen molar-refractivity contribution in [1.82, 2.24) is 15.2 Å². The Hall–Kier alpha value is -1.90. The van der Waals surface area contributed by atoms with Gasteiger partial charge >= 0.3 is 0 Å². The number of aromatic nitrogens is 1. The number of carbonyl (C=O) groups excluding carboxylic acids is 1. The van der Waals surface area contributed by atoms with Crippen LogP contribution < -0.4 is 5.32 Å². The minimum Gasteiger partial charge on any atom is -0.384 e. The largest absolute Gasteiger partial charge is 0.384 e. The molecule has 1 aliphatic heterocycles. The Morgan fingerprint density at radius 3 is 2.95 bits per heavy atom. The van der Waals surface area contributed by atoms with E-state index in [2.05, 4.69) is 27.0 Å². The smallest absolute Gasteiger partial charge is 0.252 e. The normalized spacial score (nSPS) is 14.7. The summed E-state index contributed by atoms with van der Waals surface area (Å²) < 4.78 is 0. The maximum Gasteiger partial charge on any atom is 0.252 e. The Labute approximate surface area is 119 Å². The number of carbonyl (C=O) groups is 1. The summed E-state index contributed by atoms with van der Waals surface area (Å²) in [4.78, 5) is 18.3. The van der Waals surface area contributed by atoms with Gasteiger partial charge in [-0.3, -0.25) is 9.78 Å². The number of nitrogens with zero attached hydrogens (tertiary/aromatic N) is 2. The molecule has 2 rings (SSSR count). The van der Waals surface area contributed by atoms with Gasteiger partial charge in [0, 0.05) is 31.0 Å². The Morgan fingerprint density at radius 2 is 2.20 bits per heavy atom. The van der Waals surface area contributed by atoms with Crippen LogP contribution in [0.1, 0.15) is 28.8 Å². The summed E-state index contributed by atoms with van der Waals surface area (Å²) in [5.74, 6) is 5.14. The monoisotopic (exact) mass is 273 g/mol. The zero-order valence-electron chi connectivity index (χ0n) is 11.4.